The zero-order valence-electron chi connectivity index (χ0n) is 21.1. The third-order valence-corrected chi connectivity index (χ3v) is 8.93. The minimum absolute atomic E-state index is 0.183. The van der Waals surface area contributed by atoms with E-state index in [2.05, 4.69) is 9.97 Å². The molecule has 0 radical (unpaired) electrons. The third kappa shape index (κ3) is 3.53. The van der Waals surface area contributed by atoms with Crippen LogP contribution in [0.1, 0.15) is 10.4 Å². The molecule has 4 aromatic carbocycles. The molecular formula is C30H21N5O4S. The lowest BCUT2D eigenvalue weighted by Gasteiger charge is -2.26. The van der Waals surface area contributed by atoms with Crippen molar-refractivity contribution >= 4 is 32.7 Å². The summed E-state index contributed by atoms with van der Waals surface area (Å²) in [5.41, 5.74) is 6.18. The molecule has 2 aromatic heterocycles. The zero-order valence-corrected chi connectivity index (χ0v) is 21.9. The van der Waals surface area contributed by atoms with Crippen LogP contribution in [-0.2, 0) is 10.0 Å². The molecule has 10 heteroatoms. The third-order valence-electron chi connectivity index (χ3n) is 7.12. The van der Waals surface area contributed by atoms with Crippen molar-refractivity contribution in [1.82, 2.24) is 19.7 Å². The molecule has 9 nitrogen and oxygen atoms in total. The number of imidazole rings is 1. The first kappa shape index (κ1) is 23.9. The Labute approximate surface area is 229 Å². The Kier molecular flexibility index (Phi) is 5.16. The van der Waals surface area contributed by atoms with Gasteiger partial charge in [-0.05, 0) is 48.5 Å². The van der Waals surface area contributed by atoms with Crippen molar-refractivity contribution in [3.8, 4) is 39.6 Å². The molecular weight excluding hydrogens is 526 g/mol. The number of carboxylic acid groups (broad SMARTS) is 1. The Morgan fingerprint density at radius 1 is 0.875 bits per heavy atom. The summed E-state index contributed by atoms with van der Waals surface area (Å²) in [6, 6.07) is 28.9. The SMILES string of the molecule is CN1c2c(nn(-c3ccc(-c4nc5ccc(C(=O)O)cc5[nH]4)cc3)c2-c2ccccc2)-c2ccccc2S1(=O)=O. The van der Waals surface area contributed by atoms with Gasteiger partial charge in [-0.15, -0.1) is 0 Å². The van der Waals surface area contributed by atoms with E-state index in [9.17, 15) is 18.3 Å². The van der Waals surface area contributed by atoms with Crippen LogP contribution in [0.15, 0.2) is 102 Å². The first-order valence-electron chi connectivity index (χ1n) is 12.4. The summed E-state index contributed by atoms with van der Waals surface area (Å²) in [7, 11) is -2.21. The van der Waals surface area contributed by atoms with E-state index in [-0.39, 0.29) is 10.5 Å². The quantitative estimate of drug-likeness (QED) is 0.297. The molecule has 0 spiro atoms. The molecule has 0 aliphatic carbocycles. The number of rotatable bonds is 4. The largest absolute Gasteiger partial charge is 0.478 e. The van der Waals surface area contributed by atoms with Crippen LogP contribution in [-0.4, -0.2) is 46.3 Å². The summed E-state index contributed by atoms with van der Waals surface area (Å²) < 4.78 is 30.0. The van der Waals surface area contributed by atoms with E-state index < -0.39 is 16.0 Å². The van der Waals surface area contributed by atoms with Gasteiger partial charge in [0, 0.05) is 23.7 Å². The highest BCUT2D eigenvalue weighted by molar-refractivity contribution is 7.93. The van der Waals surface area contributed by atoms with E-state index >= 15 is 0 Å². The Hall–Kier alpha value is -5.22. The fourth-order valence-electron chi connectivity index (χ4n) is 5.13. The minimum atomic E-state index is -3.77. The van der Waals surface area contributed by atoms with Crippen LogP contribution in [0.25, 0.3) is 50.6 Å². The van der Waals surface area contributed by atoms with Gasteiger partial charge in [0.1, 0.15) is 17.2 Å². The molecule has 7 rings (SSSR count). The van der Waals surface area contributed by atoms with E-state index in [1.807, 2.05) is 60.7 Å². The predicted octanol–water partition coefficient (Wildman–Crippen LogP) is 5.59. The van der Waals surface area contributed by atoms with Crippen LogP contribution in [0.4, 0.5) is 5.69 Å². The highest BCUT2D eigenvalue weighted by atomic mass is 32.2. The van der Waals surface area contributed by atoms with Crippen molar-refractivity contribution in [2.24, 2.45) is 0 Å². The molecule has 6 aromatic rings. The molecule has 0 saturated heterocycles. The van der Waals surface area contributed by atoms with Gasteiger partial charge in [-0.1, -0.05) is 48.5 Å². The van der Waals surface area contributed by atoms with Gasteiger partial charge in [0.2, 0.25) is 0 Å². The molecule has 0 bridgehead atoms. The summed E-state index contributed by atoms with van der Waals surface area (Å²) in [6.45, 7) is 0. The van der Waals surface area contributed by atoms with E-state index in [0.717, 1.165) is 16.8 Å². The number of H-pyrrole nitrogens is 1. The molecule has 0 saturated carbocycles. The number of sulfonamides is 1. The monoisotopic (exact) mass is 547 g/mol. The molecule has 0 atom stereocenters. The van der Waals surface area contributed by atoms with Gasteiger partial charge < -0.3 is 10.1 Å². The number of aromatic carboxylic acids is 1. The lowest BCUT2D eigenvalue weighted by Crippen LogP contribution is -2.30. The number of carbonyl (C=O) groups is 1. The number of fused-ring (bicyclic) bond motifs is 4. The van der Waals surface area contributed by atoms with Crippen molar-refractivity contribution in [3.63, 3.8) is 0 Å². The highest BCUT2D eigenvalue weighted by Crippen LogP contribution is 2.47. The standard InChI is InChI=1S/C30H21N5O4S/c1-34-28-26(22-9-5-6-10-25(22)40(34,38)39)33-35(27(28)18-7-3-2-4-8-18)21-14-11-19(12-15-21)29-31-23-16-13-20(30(36)37)17-24(23)32-29/h2-17H,1H3,(H,31,32)(H,36,37). The lowest BCUT2D eigenvalue weighted by molar-refractivity contribution is 0.0697. The Bertz CT molecular complexity index is 2060. The van der Waals surface area contributed by atoms with Crippen LogP contribution in [0.5, 0.6) is 0 Å². The normalized spacial score (nSPS) is 13.7. The Morgan fingerprint density at radius 2 is 1.60 bits per heavy atom. The summed E-state index contributed by atoms with van der Waals surface area (Å²) in [5.74, 6) is -0.397. The minimum Gasteiger partial charge on any atom is -0.478 e. The summed E-state index contributed by atoms with van der Waals surface area (Å²) in [4.78, 5) is 19.4. The Balaban J connectivity index is 1.39. The van der Waals surface area contributed by atoms with Crippen molar-refractivity contribution in [2.45, 2.75) is 4.90 Å². The zero-order chi connectivity index (χ0) is 27.6. The van der Waals surface area contributed by atoms with Crippen molar-refractivity contribution in [2.75, 3.05) is 11.4 Å². The van der Waals surface area contributed by atoms with Gasteiger partial charge in [-0.3, -0.25) is 4.31 Å². The van der Waals surface area contributed by atoms with Gasteiger partial charge in [-0.2, -0.15) is 5.10 Å². The molecule has 0 unspecified atom stereocenters. The maximum absolute atomic E-state index is 13.5. The number of nitrogens with one attached hydrogen (secondary N) is 1. The van der Waals surface area contributed by atoms with Crippen LogP contribution in [0, 0.1) is 0 Å². The van der Waals surface area contributed by atoms with Crippen molar-refractivity contribution in [3.05, 3.63) is 103 Å². The molecule has 196 valence electrons. The van der Waals surface area contributed by atoms with E-state index in [0.29, 0.717) is 39.5 Å². The number of aromatic nitrogens is 4. The van der Waals surface area contributed by atoms with Gasteiger partial charge in [0.05, 0.1) is 32.9 Å². The number of aromatic amines is 1. The van der Waals surface area contributed by atoms with Crippen LogP contribution in [0.2, 0.25) is 0 Å². The molecule has 0 amide bonds. The van der Waals surface area contributed by atoms with E-state index in [1.54, 1.807) is 42.1 Å². The van der Waals surface area contributed by atoms with Crippen LogP contribution < -0.4 is 4.31 Å². The summed E-state index contributed by atoms with van der Waals surface area (Å²) in [6.07, 6.45) is 0. The molecule has 1 aliphatic heterocycles. The number of hydrogen-bond acceptors (Lipinski definition) is 5. The average Bonchev–Trinajstić information content (AvgIpc) is 3.59. The second kappa shape index (κ2) is 8.65. The summed E-state index contributed by atoms with van der Waals surface area (Å²) >= 11 is 0. The van der Waals surface area contributed by atoms with Crippen LogP contribution >= 0.6 is 0 Å². The number of benzene rings is 4. The highest BCUT2D eigenvalue weighted by Gasteiger charge is 2.38. The fraction of sp³-hybridized carbons (Fsp3) is 0.0333. The molecule has 3 heterocycles. The lowest BCUT2D eigenvalue weighted by atomic mass is 10.1. The Morgan fingerprint density at radius 3 is 2.35 bits per heavy atom. The second-order valence-corrected chi connectivity index (χ2v) is 11.4. The number of hydrogen-bond donors (Lipinski definition) is 2. The van der Waals surface area contributed by atoms with Gasteiger partial charge in [0.25, 0.3) is 10.0 Å². The van der Waals surface area contributed by atoms with Crippen molar-refractivity contribution < 1.29 is 18.3 Å². The number of nitrogens with zero attached hydrogens (tertiary/aromatic N) is 4. The molecule has 1 aliphatic rings. The van der Waals surface area contributed by atoms with Gasteiger partial charge in [0.15, 0.2) is 0 Å². The van der Waals surface area contributed by atoms with Crippen LogP contribution in [0.3, 0.4) is 0 Å². The van der Waals surface area contributed by atoms with Crippen molar-refractivity contribution in [1.29, 1.82) is 0 Å². The molecule has 40 heavy (non-hydrogen) atoms. The fourth-order valence-corrected chi connectivity index (χ4v) is 6.53. The molecule has 0 fully saturated rings. The number of carboxylic acids is 1. The average molecular weight is 548 g/mol. The maximum atomic E-state index is 13.5. The smallest absolute Gasteiger partial charge is 0.335 e. The van der Waals surface area contributed by atoms with Gasteiger partial charge >= 0.3 is 5.97 Å². The van der Waals surface area contributed by atoms with Gasteiger partial charge in [-0.25, -0.2) is 22.9 Å². The second-order valence-electron chi connectivity index (χ2n) is 9.46. The van der Waals surface area contributed by atoms with E-state index in [4.69, 9.17) is 5.10 Å². The first-order chi connectivity index (χ1) is 19.3. The maximum Gasteiger partial charge on any atom is 0.335 e. The topological polar surface area (TPSA) is 121 Å². The number of anilines is 1. The van der Waals surface area contributed by atoms with E-state index in [1.165, 1.54) is 10.4 Å². The predicted molar refractivity (Wildman–Crippen MR) is 152 cm³/mol. The molecule has 2 N–H and O–H groups in total. The first-order valence-corrected chi connectivity index (χ1v) is 13.9. The summed E-state index contributed by atoms with van der Waals surface area (Å²) in [5, 5.41) is 14.2.